The van der Waals surface area contributed by atoms with Crippen LogP contribution in [0.25, 0.3) is 0 Å². The van der Waals surface area contributed by atoms with Gasteiger partial charge in [0.25, 0.3) is 0 Å². The molecule has 0 saturated heterocycles. The molecule has 21 heavy (non-hydrogen) atoms. The number of hydrogen-bond donors (Lipinski definition) is 2. The zero-order valence-corrected chi connectivity index (χ0v) is 13.2. The summed E-state index contributed by atoms with van der Waals surface area (Å²) in [5.74, 6) is 1.49. The molecule has 5 nitrogen and oxygen atoms in total. The number of carbonyl (C=O) groups excluding carboxylic acids is 1. The summed E-state index contributed by atoms with van der Waals surface area (Å²) in [7, 11) is 1.63. The Labute approximate surface area is 126 Å². The van der Waals surface area contributed by atoms with Gasteiger partial charge in [0, 0.05) is 12.6 Å². The van der Waals surface area contributed by atoms with E-state index >= 15 is 0 Å². The lowest BCUT2D eigenvalue weighted by Crippen LogP contribution is -2.27. The molecule has 0 heterocycles. The molecular weight excluding hydrogens is 268 g/mol. The Bertz CT molecular complexity index is 505. The summed E-state index contributed by atoms with van der Waals surface area (Å²) in [6.07, 6.45) is 2.08. The third-order valence-electron chi connectivity index (χ3n) is 3.14. The Morgan fingerprint density at radius 2 is 2.00 bits per heavy atom. The summed E-state index contributed by atoms with van der Waals surface area (Å²) in [6.45, 7) is 6.43. The molecule has 0 spiro atoms. The zero-order chi connectivity index (χ0) is 15.5. The lowest BCUT2D eigenvalue weighted by atomic mass is 10.2. The first-order chi connectivity index (χ1) is 9.87. The molecular formula is C16H24N2O3. The Hall–Kier alpha value is -1.91. The summed E-state index contributed by atoms with van der Waals surface area (Å²) in [5, 5.41) is 6.15. The minimum absolute atomic E-state index is 0.456. The third-order valence-corrected chi connectivity index (χ3v) is 3.14. The van der Waals surface area contributed by atoms with Gasteiger partial charge in [0.2, 0.25) is 0 Å². The Morgan fingerprint density at radius 1 is 1.29 bits per heavy atom. The van der Waals surface area contributed by atoms with Crippen LogP contribution >= 0.6 is 0 Å². The highest BCUT2D eigenvalue weighted by atomic mass is 16.6. The number of ether oxygens (including phenoxy) is 2. The van der Waals surface area contributed by atoms with Gasteiger partial charge < -0.3 is 14.8 Å². The minimum atomic E-state index is -0.516. The molecule has 1 aromatic rings. The molecule has 1 aromatic carbocycles. The summed E-state index contributed by atoms with van der Waals surface area (Å²) >= 11 is 0. The summed E-state index contributed by atoms with van der Waals surface area (Å²) in [5.41, 5.74) is 1.04. The lowest BCUT2D eigenvalue weighted by Gasteiger charge is -2.21. The van der Waals surface area contributed by atoms with Gasteiger partial charge >= 0.3 is 6.09 Å². The van der Waals surface area contributed by atoms with Crippen LogP contribution in [-0.2, 0) is 4.74 Å². The van der Waals surface area contributed by atoms with Gasteiger partial charge in [-0.15, -0.1) is 0 Å². The van der Waals surface area contributed by atoms with E-state index in [-0.39, 0.29) is 0 Å². The van der Waals surface area contributed by atoms with Gasteiger partial charge in [-0.05, 0) is 51.7 Å². The zero-order valence-electron chi connectivity index (χ0n) is 13.2. The molecule has 0 atom stereocenters. The monoisotopic (exact) mass is 292 g/mol. The number of rotatable bonds is 5. The van der Waals surface area contributed by atoms with E-state index in [1.807, 2.05) is 39.0 Å². The van der Waals surface area contributed by atoms with Gasteiger partial charge in [-0.25, -0.2) is 4.79 Å². The van der Waals surface area contributed by atoms with E-state index in [0.29, 0.717) is 5.69 Å². The normalized spacial score (nSPS) is 14.5. The molecule has 1 aliphatic carbocycles. The van der Waals surface area contributed by atoms with Crippen molar-refractivity contribution in [1.82, 2.24) is 0 Å². The van der Waals surface area contributed by atoms with Gasteiger partial charge in [-0.3, -0.25) is 5.32 Å². The fraction of sp³-hybridized carbons (Fsp3) is 0.562. The van der Waals surface area contributed by atoms with Crippen LogP contribution in [-0.4, -0.2) is 25.3 Å². The van der Waals surface area contributed by atoms with Crippen LogP contribution in [0.1, 0.15) is 33.6 Å². The molecule has 0 bridgehead atoms. The van der Waals surface area contributed by atoms with Crippen molar-refractivity contribution in [2.24, 2.45) is 5.92 Å². The van der Waals surface area contributed by atoms with Crippen LogP contribution in [0, 0.1) is 5.92 Å². The van der Waals surface area contributed by atoms with Gasteiger partial charge in [0.05, 0.1) is 18.5 Å². The molecule has 1 amide bonds. The first-order valence-corrected chi connectivity index (χ1v) is 7.29. The Balaban J connectivity index is 2.06. The predicted molar refractivity (Wildman–Crippen MR) is 84.1 cm³/mol. The molecule has 1 fully saturated rings. The molecule has 0 unspecified atom stereocenters. The fourth-order valence-corrected chi connectivity index (χ4v) is 1.90. The average molecular weight is 292 g/mol. The van der Waals surface area contributed by atoms with E-state index in [1.54, 1.807) is 7.11 Å². The maximum Gasteiger partial charge on any atom is 0.412 e. The second kappa shape index (κ2) is 6.24. The Kier molecular flexibility index (Phi) is 4.60. The highest BCUT2D eigenvalue weighted by molar-refractivity contribution is 5.90. The van der Waals surface area contributed by atoms with E-state index in [9.17, 15) is 4.79 Å². The number of methoxy groups -OCH3 is 1. The maximum absolute atomic E-state index is 11.9. The molecule has 2 N–H and O–H groups in total. The molecule has 0 aliphatic heterocycles. The number of benzene rings is 1. The summed E-state index contributed by atoms with van der Waals surface area (Å²) in [6, 6.07) is 5.52. The van der Waals surface area contributed by atoms with Gasteiger partial charge in [-0.2, -0.15) is 0 Å². The summed E-state index contributed by atoms with van der Waals surface area (Å²) in [4.78, 5) is 11.9. The van der Waals surface area contributed by atoms with Crippen molar-refractivity contribution >= 4 is 17.5 Å². The van der Waals surface area contributed by atoms with Gasteiger partial charge in [0.1, 0.15) is 11.4 Å². The quantitative estimate of drug-likeness (QED) is 0.865. The van der Waals surface area contributed by atoms with Gasteiger partial charge in [0.15, 0.2) is 0 Å². The first kappa shape index (κ1) is 15.5. The smallest absolute Gasteiger partial charge is 0.412 e. The first-order valence-electron chi connectivity index (χ1n) is 7.29. The van der Waals surface area contributed by atoms with E-state index < -0.39 is 11.7 Å². The fourth-order valence-electron chi connectivity index (χ4n) is 1.90. The standard InChI is InChI=1S/C16H24N2O3/c1-16(2,3)21-15(19)18-13-8-7-12(20-4)9-14(13)17-10-11-5-6-11/h7-9,11,17H,5-6,10H2,1-4H3,(H,18,19). The lowest BCUT2D eigenvalue weighted by molar-refractivity contribution is 0.0636. The number of carbonyl (C=O) groups is 1. The largest absolute Gasteiger partial charge is 0.497 e. The number of anilines is 2. The van der Waals surface area contributed by atoms with Crippen LogP contribution in [0.2, 0.25) is 0 Å². The molecule has 116 valence electrons. The minimum Gasteiger partial charge on any atom is -0.497 e. The van der Waals surface area contributed by atoms with Crippen LogP contribution in [0.15, 0.2) is 18.2 Å². The van der Waals surface area contributed by atoms with Crippen molar-refractivity contribution in [1.29, 1.82) is 0 Å². The molecule has 0 radical (unpaired) electrons. The number of hydrogen-bond acceptors (Lipinski definition) is 4. The van der Waals surface area contributed by atoms with Crippen molar-refractivity contribution in [3.05, 3.63) is 18.2 Å². The van der Waals surface area contributed by atoms with Crippen molar-refractivity contribution < 1.29 is 14.3 Å². The molecule has 2 rings (SSSR count). The van der Waals surface area contributed by atoms with Crippen LogP contribution < -0.4 is 15.4 Å². The van der Waals surface area contributed by atoms with E-state index in [0.717, 1.165) is 23.9 Å². The van der Waals surface area contributed by atoms with E-state index in [1.165, 1.54) is 12.8 Å². The second-order valence-electron chi connectivity index (χ2n) is 6.36. The SMILES string of the molecule is COc1ccc(NC(=O)OC(C)(C)C)c(NCC2CC2)c1. The van der Waals surface area contributed by atoms with Crippen LogP contribution in [0.3, 0.4) is 0 Å². The van der Waals surface area contributed by atoms with Crippen molar-refractivity contribution in [3.8, 4) is 5.75 Å². The van der Waals surface area contributed by atoms with Crippen molar-refractivity contribution in [3.63, 3.8) is 0 Å². The molecule has 1 aliphatic rings. The molecule has 1 saturated carbocycles. The maximum atomic E-state index is 11.9. The Morgan fingerprint density at radius 3 is 2.57 bits per heavy atom. The highest BCUT2D eigenvalue weighted by Crippen LogP contribution is 2.32. The van der Waals surface area contributed by atoms with E-state index in [4.69, 9.17) is 9.47 Å². The number of amides is 1. The van der Waals surface area contributed by atoms with Crippen LogP contribution in [0.5, 0.6) is 5.75 Å². The van der Waals surface area contributed by atoms with E-state index in [2.05, 4.69) is 10.6 Å². The highest BCUT2D eigenvalue weighted by Gasteiger charge is 2.22. The number of nitrogens with one attached hydrogen (secondary N) is 2. The van der Waals surface area contributed by atoms with Crippen molar-refractivity contribution in [2.45, 2.75) is 39.2 Å². The molecule has 0 aromatic heterocycles. The molecule has 5 heteroatoms. The van der Waals surface area contributed by atoms with Crippen molar-refractivity contribution in [2.75, 3.05) is 24.3 Å². The summed E-state index contributed by atoms with van der Waals surface area (Å²) < 4.78 is 10.5. The third kappa shape index (κ3) is 5.17. The average Bonchev–Trinajstić information content (AvgIpc) is 3.19. The van der Waals surface area contributed by atoms with Gasteiger partial charge in [-0.1, -0.05) is 0 Å². The topological polar surface area (TPSA) is 59.6 Å². The second-order valence-corrected chi connectivity index (χ2v) is 6.36. The van der Waals surface area contributed by atoms with Crippen LogP contribution in [0.4, 0.5) is 16.2 Å². The predicted octanol–water partition coefficient (Wildman–Crippen LogP) is 3.86.